The maximum absolute atomic E-state index is 12.9. The number of carbonyl (C=O) groups excluding carboxylic acids is 1. The van der Waals surface area contributed by atoms with E-state index in [0.29, 0.717) is 36.7 Å². The molecule has 0 saturated carbocycles. The Labute approximate surface area is 158 Å². The molecule has 1 unspecified atom stereocenters. The number of amides is 1. The quantitative estimate of drug-likeness (QED) is 0.897. The molecule has 2 aromatic carbocycles. The lowest BCUT2D eigenvalue weighted by Gasteiger charge is -2.38. The fourth-order valence-corrected chi connectivity index (χ4v) is 3.51. The molecule has 0 radical (unpaired) electrons. The van der Waals surface area contributed by atoms with Crippen molar-refractivity contribution >= 4 is 5.91 Å². The van der Waals surface area contributed by atoms with Gasteiger partial charge in [-0.15, -0.1) is 0 Å². The molecule has 27 heavy (non-hydrogen) atoms. The molecule has 2 heterocycles. The zero-order valence-corrected chi connectivity index (χ0v) is 15.7. The highest BCUT2D eigenvalue weighted by Crippen LogP contribution is 2.41. The van der Waals surface area contributed by atoms with Gasteiger partial charge in [0.05, 0.1) is 13.2 Å². The lowest BCUT2D eigenvalue weighted by atomic mass is 9.89. The molecule has 0 spiro atoms. The zero-order valence-electron chi connectivity index (χ0n) is 15.7. The van der Waals surface area contributed by atoms with E-state index in [1.807, 2.05) is 32.0 Å². The summed E-state index contributed by atoms with van der Waals surface area (Å²) >= 11 is 0. The smallest absolute Gasteiger partial charge is 0.251 e. The van der Waals surface area contributed by atoms with Crippen LogP contribution in [0.5, 0.6) is 23.0 Å². The summed E-state index contributed by atoms with van der Waals surface area (Å²) in [5.74, 6) is 2.58. The second-order valence-corrected chi connectivity index (χ2v) is 7.35. The molecule has 2 aromatic rings. The Kier molecular flexibility index (Phi) is 4.34. The Balaban J connectivity index is 1.59. The molecule has 0 bridgehead atoms. The minimum absolute atomic E-state index is 0.156. The summed E-state index contributed by atoms with van der Waals surface area (Å²) in [5.41, 5.74) is 1.09. The fourth-order valence-electron chi connectivity index (χ4n) is 3.51. The Hall–Kier alpha value is -2.89. The highest BCUT2D eigenvalue weighted by Gasteiger charge is 2.35. The average Bonchev–Trinajstić information content (AvgIpc) is 2.66. The van der Waals surface area contributed by atoms with Crippen LogP contribution in [0.1, 0.15) is 42.2 Å². The number of rotatable bonds is 3. The van der Waals surface area contributed by atoms with Crippen LogP contribution in [0, 0.1) is 0 Å². The number of hydrogen-bond acceptors (Lipinski definition) is 5. The number of methoxy groups -OCH3 is 1. The lowest BCUT2D eigenvalue weighted by Crippen LogP contribution is -2.41. The van der Waals surface area contributed by atoms with Gasteiger partial charge in [0.1, 0.15) is 30.3 Å². The highest BCUT2D eigenvalue weighted by atomic mass is 16.6. The second kappa shape index (κ2) is 6.68. The van der Waals surface area contributed by atoms with Crippen LogP contribution in [0.15, 0.2) is 36.4 Å². The van der Waals surface area contributed by atoms with E-state index in [2.05, 4.69) is 5.32 Å². The minimum Gasteiger partial charge on any atom is -0.497 e. The summed E-state index contributed by atoms with van der Waals surface area (Å²) in [5, 5.41) is 3.14. The van der Waals surface area contributed by atoms with Gasteiger partial charge in [0.15, 0.2) is 11.5 Å². The number of ether oxygens (including phenoxy) is 4. The third-order valence-corrected chi connectivity index (χ3v) is 4.79. The Bertz CT molecular complexity index is 877. The van der Waals surface area contributed by atoms with E-state index in [4.69, 9.17) is 18.9 Å². The molecular formula is C21H23NO5. The van der Waals surface area contributed by atoms with E-state index in [9.17, 15) is 4.79 Å². The molecule has 0 aliphatic carbocycles. The van der Waals surface area contributed by atoms with Crippen molar-refractivity contribution in [3.05, 3.63) is 47.5 Å². The van der Waals surface area contributed by atoms with Crippen LogP contribution in [0.3, 0.4) is 0 Å². The second-order valence-electron chi connectivity index (χ2n) is 7.35. The Morgan fingerprint density at radius 3 is 2.63 bits per heavy atom. The van der Waals surface area contributed by atoms with Gasteiger partial charge in [-0.05, 0) is 44.2 Å². The first-order valence-electron chi connectivity index (χ1n) is 9.03. The Morgan fingerprint density at radius 1 is 1.07 bits per heavy atom. The molecule has 1 atom stereocenters. The van der Waals surface area contributed by atoms with Gasteiger partial charge in [0.2, 0.25) is 0 Å². The van der Waals surface area contributed by atoms with Crippen molar-refractivity contribution in [1.82, 2.24) is 5.32 Å². The van der Waals surface area contributed by atoms with E-state index < -0.39 is 5.60 Å². The van der Waals surface area contributed by atoms with E-state index in [-0.39, 0.29) is 11.9 Å². The molecule has 6 heteroatoms. The third kappa shape index (κ3) is 3.52. The molecule has 142 valence electrons. The van der Waals surface area contributed by atoms with Crippen LogP contribution < -0.4 is 24.3 Å². The predicted octanol–water partition coefficient (Wildman–Crippen LogP) is 3.50. The van der Waals surface area contributed by atoms with Gasteiger partial charge in [-0.1, -0.05) is 0 Å². The summed E-state index contributed by atoms with van der Waals surface area (Å²) in [4.78, 5) is 12.9. The standard InChI is InChI=1S/C21H23NO5/c1-21(2)12-16(15-6-5-14(24-3)11-18(15)27-21)22-20(23)13-4-7-17-19(10-13)26-9-8-25-17/h4-7,10-11,16H,8-9,12H2,1-3H3,(H,22,23). The van der Waals surface area contributed by atoms with Crippen LogP contribution in [0.2, 0.25) is 0 Å². The van der Waals surface area contributed by atoms with Crippen molar-refractivity contribution in [2.75, 3.05) is 20.3 Å². The number of carbonyl (C=O) groups is 1. The van der Waals surface area contributed by atoms with E-state index in [0.717, 1.165) is 17.1 Å². The molecule has 4 rings (SSSR count). The maximum Gasteiger partial charge on any atom is 0.251 e. The molecule has 1 amide bonds. The van der Waals surface area contributed by atoms with Crippen LogP contribution in [-0.2, 0) is 0 Å². The molecule has 0 saturated heterocycles. The third-order valence-electron chi connectivity index (χ3n) is 4.79. The van der Waals surface area contributed by atoms with Gasteiger partial charge >= 0.3 is 0 Å². The number of hydrogen-bond donors (Lipinski definition) is 1. The van der Waals surface area contributed by atoms with Crippen LogP contribution >= 0.6 is 0 Å². The molecule has 2 aliphatic heterocycles. The summed E-state index contributed by atoms with van der Waals surface area (Å²) in [6.45, 7) is 5.04. The fraction of sp³-hybridized carbons (Fsp3) is 0.381. The van der Waals surface area contributed by atoms with Crippen LogP contribution in [-0.4, -0.2) is 31.8 Å². The van der Waals surface area contributed by atoms with Crippen molar-refractivity contribution < 1.29 is 23.7 Å². The molecule has 2 aliphatic rings. The van der Waals surface area contributed by atoms with Crippen molar-refractivity contribution in [2.24, 2.45) is 0 Å². The number of nitrogens with one attached hydrogen (secondary N) is 1. The van der Waals surface area contributed by atoms with Crippen molar-refractivity contribution in [1.29, 1.82) is 0 Å². The molecule has 0 aromatic heterocycles. The summed E-state index contributed by atoms with van der Waals surface area (Å²) in [7, 11) is 1.62. The predicted molar refractivity (Wildman–Crippen MR) is 100.0 cm³/mol. The van der Waals surface area contributed by atoms with E-state index in [1.54, 1.807) is 25.3 Å². The van der Waals surface area contributed by atoms with Crippen LogP contribution in [0.25, 0.3) is 0 Å². The molecular weight excluding hydrogens is 346 g/mol. The Morgan fingerprint density at radius 2 is 1.85 bits per heavy atom. The first kappa shape index (κ1) is 17.5. The maximum atomic E-state index is 12.9. The van der Waals surface area contributed by atoms with Gasteiger partial charge in [0.25, 0.3) is 5.91 Å². The van der Waals surface area contributed by atoms with E-state index in [1.165, 1.54) is 0 Å². The largest absolute Gasteiger partial charge is 0.497 e. The first-order valence-corrected chi connectivity index (χ1v) is 9.03. The number of fused-ring (bicyclic) bond motifs is 2. The van der Waals surface area contributed by atoms with Gasteiger partial charge in [-0.2, -0.15) is 0 Å². The molecule has 0 fully saturated rings. The summed E-state index contributed by atoms with van der Waals surface area (Å²) < 4.78 is 22.5. The van der Waals surface area contributed by atoms with Gasteiger partial charge < -0.3 is 24.3 Å². The minimum atomic E-state index is -0.399. The zero-order chi connectivity index (χ0) is 19.0. The van der Waals surface area contributed by atoms with Gasteiger partial charge in [-0.25, -0.2) is 0 Å². The lowest BCUT2D eigenvalue weighted by molar-refractivity contribution is 0.0617. The highest BCUT2D eigenvalue weighted by molar-refractivity contribution is 5.95. The number of benzene rings is 2. The van der Waals surface area contributed by atoms with Crippen molar-refractivity contribution in [3.63, 3.8) is 0 Å². The van der Waals surface area contributed by atoms with Crippen molar-refractivity contribution in [2.45, 2.75) is 31.9 Å². The average molecular weight is 369 g/mol. The van der Waals surface area contributed by atoms with Crippen LogP contribution in [0.4, 0.5) is 0 Å². The summed E-state index contributed by atoms with van der Waals surface area (Å²) in [6.07, 6.45) is 0.669. The van der Waals surface area contributed by atoms with Crippen molar-refractivity contribution in [3.8, 4) is 23.0 Å². The topological polar surface area (TPSA) is 66.0 Å². The van der Waals surface area contributed by atoms with E-state index >= 15 is 0 Å². The summed E-state index contributed by atoms with van der Waals surface area (Å²) in [6, 6.07) is 10.8. The normalized spacial score (nSPS) is 19.4. The monoisotopic (exact) mass is 369 g/mol. The molecule has 1 N–H and O–H groups in total. The first-order chi connectivity index (χ1) is 12.9. The van der Waals surface area contributed by atoms with Gasteiger partial charge in [-0.3, -0.25) is 4.79 Å². The molecule has 6 nitrogen and oxygen atoms in total. The van der Waals surface area contributed by atoms with Gasteiger partial charge in [0, 0.05) is 23.6 Å². The SMILES string of the molecule is COc1ccc2c(c1)OC(C)(C)CC2NC(=O)c1ccc2c(c1)OCCO2.